The Hall–Kier alpha value is -1.33. The van der Waals surface area contributed by atoms with Crippen molar-refractivity contribution in [2.24, 2.45) is 11.8 Å². The summed E-state index contributed by atoms with van der Waals surface area (Å²) in [5, 5.41) is 20.4. The van der Waals surface area contributed by atoms with Crippen LogP contribution < -0.4 is 0 Å². The van der Waals surface area contributed by atoms with Crippen molar-refractivity contribution in [2.45, 2.75) is 120 Å². The Morgan fingerprint density at radius 1 is 0.829 bits per heavy atom. The van der Waals surface area contributed by atoms with E-state index in [-0.39, 0.29) is 24.0 Å². The van der Waals surface area contributed by atoms with Crippen LogP contribution in [0.25, 0.3) is 0 Å². The van der Waals surface area contributed by atoms with E-state index in [2.05, 4.69) is 70.2 Å². The molecule has 4 rings (SSSR count). The lowest BCUT2D eigenvalue weighted by molar-refractivity contribution is -0.123. The highest BCUT2D eigenvalue weighted by Crippen LogP contribution is 2.49. The molecule has 0 aromatic heterocycles. The highest BCUT2D eigenvalue weighted by Gasteiger charge is 2.29. The lowest BCUT2D eigenvalue weighted by Crippen LogP contribution is -2.40. The Balaban J connectivity index is 0.000000197. The highest BCUT2D eigenvalue weighted by molar-refractivity contribution is 7.99. The third-order valence-corrected chi connectivity index (χ3v) is 8.91. The number of hydrogen-bond donors (Lipinski definition) is 2. The first kappa shape index (κ1) is 28.2. The summed E-state index contributed by atoms with van der Waals surface area (Å²) < 4.78 is 5.81. The van der Waals surface area contributed by atoms with Gasteiger partial charge in [0.1, 0.15) is 0 Å². The Bertz CT molecular complexity index is 907. The molecule has 1 aliphatic heterocycles. The summed E-state index contributed by atoms with van der Waals surface area (Å²) in [6, 6.07) is 15.9. The van der Waals surface area contributed by atoms with E-state index in [0.29, 0.717) is 5.92 Å². The molecular formula is C31H46O3S. The van der Waals surface area contributed by atoms with E-state index in [1.165, 1.54) is 33.8 Å². The molecule has 35 heavy (non-hydrogen) atoms. The van der Waals surface area contributed by atoms with Crippen LogP contribution in [0.5, 0.6) is 0 Å². The smallest absolute Gasteiger partial charge is 0.0824 e. The second-order valence-corrected chi connectivity index (χ2v) is 11.7. The molecule has 0 fully saturated rings. The van der Waals surface area contributed by atoms with Gasteiger partial charge in [0.15, 0.2) is 0 Å². The van der Waals surface area contributed by atoms with Crippen molar-refractivity contribution < 1.29 is 14.9 Å². The first-order valence-corrected chi connectivity index (χ1v) is 14.5. The molecular weight excluding hydrogens is 452 g/mol. The first-order valence-electron chi connectivity index (χ1n) is 13.7. The standard InChI is InChI=1S/C16H34O3.C15H12S/c1-7-9-11(3)15(17)13(5)19-14(6)16(18)12(4)10-8-2;1-2-4-14-12(3-1)11-7-5-10-6-8-15(16-14)13(11)9-10/h11-18H,7-10H2,1-6H3;1-4,6,8-9,11H,5,7H2. The Morgan fingerprint density at radius 2 is 1.40 bits per heavy atom. The molecule has 2 bridgehead atoms. The van der Waals surface area contributed by atoms with Crippen LogP contribution in [-0.4, -0.2) is 34.6 Å². The number of hydrogen-bond acceptors (Lipinski definition) is 4. The largest absolute Gasteiger partial charge is 0.390 e. The van der Waals surface area contributed by atoms with Crippen molar-refractivity contribution in [3.8, 4) is 0 Å². The van der Waals surface area contributed by atoms with Crippen molar-refractivity contribution >= 4 is 11.8 Å². The minimum absolute atomic E-state index is 0.234. The third-order valence-electron chi connectivity index (χ3n) is 7.73. The highest BCUT2D eigenvalue weighted by atomic mass is 32.2. The lowest BCUT2D eigenvalue weighted by atomic mass is 9.81. The van der Waals surface area contributed by atoms with Gasteiger partial charge in [0.05, 0.1) is 24.4 Å². The van der Waals surface area contributed by atoms with Gasteiger partial charge in [-0.3, -0.25) is 0 Å². The summed E-state index contributed by atoms with van der Waals surface area (Å²) in [6.45, 7) is 12.1. The van der Waals surface area contributed by atoms with Crippen LogP contribution in [0.4, 0.5) is 0 Å². The molecule has 0 spiro atoms. The van der Waals surface area contributed by atoms with E-state index in [1.54, 1.807) is 5.56 Å². The number of aliphatic hydroxyl groups is 2. The minimum Gasteiger partial charge on any atom is -0.390 e. The molecule has 7 atom stereocenters. The van der Waals surface area contributed by atoms with E-state index >= 15 is 0 Å². The van der Waals surface area contributed by atoms with E-state index in [0.717, 1.165) is 25.7 Å². The summed E-state index contributed by atoms with van der Waals surface area (Å²) in [5.41, 5.74) is 4.61. The summed E-state index contributed by atoms with van der Waals surface area (Å²) in [5.74, 6) is 1.12. The summed E-state index contributed by atoms with van der Waals surface area (Å²) >= 11 is 1.93. The maximum Gasteiger partial charge on any atom is 0.0824 e. The van der Waals surface area contributed by atoms with E-state index in [9.17, 15) is 10.2 Å². The summed E-state index contributed by atoms with van der Waals surface area (Å²) in [6.07, 6.45) is 5.25. The van der Waals surface area contributed by atoms with Gasteiger partial charge in [-0.05, 0) is 80.2 Å². The van der Waals surface area contributed by atoms with Gasteiger partial charge in [-0.1, -0.05) is 82.6 Å². The van der Waals surface area contributed by atoms with Crippen molar-refractivity contribution in [2.75, 3.05) is 0 Å². The Labute approximate surface area is 217 Å². The second-order valence-electron chi connectivity index (χ2n) is 10.7. The van der Waals surface area contributed by atoms with E-state index in [1.807, 2.05) is 25.6 Å². The zero-order valence-electron chi connectivity index (χ0n) is 22.5. The SMILES string of the molecule is CCCC(C)C(O)C(C)OC(C)C(O)C(C)CCC.c1ccc2c(c1)Sc1ccc3cc1C2CC3. The van der Waals surface area contributed by atoms with Crippen molar-refractivity contribution in [1.29, 1.82) is 0 Å². The van der Waals surface area contributed by atoms with Gasteiger partial charge < -0.3 is 14.9 Å². The van der Waals surface area contributed by atoms with Crippen LogP contribution in [0.15, 0.2) is 52.3 Å². The minimum atomic E-state index is -0.462. The molecule has 1 aliphatic carbocycles. The van der Waals surface area contributed by atoms with Crippen molar-refractivity contribution in [3.05, 3.63) is 59.2 Å². The zero-order valence-corrected chi connectivity index (χ0v) is 23.4. The Kier molecular flexibility index (Phi) is 10.7. The maximum atomic E-state index is 10.2. The van der Waals surface area contributed by atoms with Gasteiger partial charge >= 0.3 is 0 Å². The number of rotatable bonds is 10. The molecule has 0 amide bonds. The Morgan fingerprint density at radius 3 is 2.00 bits per heavy atom. The maximum absolute atomic E-state index is 10.2. The number of fused-ring (bicyclic) bond motifs is 3. The normalized spacial score (nSPS) is 21.0. The average Bonchev–Trinajstić information content (AvgIpc) is 2.87. The fraction of sp³-hybridized carbons (Fsp3) is 0.613. The van der Waals surface area contributed by atoms with Gasteiger partial charge in [-0.15, -0.1) is 0 Å². The topological polar surface area (TPSA) is 49.7 Å². The zero-order chi connectivity index (χ0) is 25.5. The van der Waals surface area contributed by atoms with E-state index in [4.69, 9.17) is 4.74 Å². The van der Waals surface area contributed by atoms with Gasteiger partial charge in [-0.25, -0.2) is 0 Å². The fourth-order valence-electron chi connectivity index (χ4n) is 5.57. The van der Waals surface area contributed by atoms with Crippen LogP contribution in [-0.2, 0) is 11.2 Å². The van der Waals surface area contributed by atoms with Crippen LogP contribution in [0.2, 0.25) is 0 Å². The van der Waals surface area contributed by atoms with Gasteiger partial charge in [0.25, 0.3) is 0 Å². The number of benzene rings is 2. The van der Waals surface area contributed by atoms with Crippen LogP contribution in [0, 0.1) is 11.8 Å². The predicted molar refractivity (Wildman–Crippen MR) is 147 cm³/mol. The molecule has 0 radical (unpaired) electrons. The summed E-state index contributed by atoms with van der Waals surface area (Å²) in [4.78, 5) is 2.92. The number of ether oxygens (including phenoxy) is 1. The average molecular weight is 499 g/mol. The molecule has 2 N–H and O–H groups in total. The van der Waals surface area contributed by atoms with Crippen LogP contribution >= 0.6 is 11.8 Å². The molecule has 7 unspecified atom stereocenters. The molecule has 2 aliphatic rings. The lowest BCUT2D eigenvalue weighted by Gasteiger charge is -2.31. The van der Waals surface area contributed by atoms with Gasteiger partial charge in [0, 0.05) is 15.7 Å². The first-order chi connectivity index (χ1) is 16.8. The molecule has 1 heterocycles. The quantitative estimate of drug-likeness (QED) is 0.354. The van der Waals surface area contributed by atoms with Crippen LogP contribution in [0.1, 0.15) is 96.3 Å². The summed E-state index contributed by atoms with van der Waals surface area (Å²) in [7, 11) is 0. The van der Waals surface area contributed by atoms with Gasteiger partial charge in [0.2, 0.25) is 0 Å². The van der Waals surface area contributed by atoms with Crippen LogP contribution in [0.3, 0.4) is 0 Å². The molecule has 2 aromatic carbocycles. The monoisotopic (exact) mass is 498 g/mol. The molecule has 0 saturated heterocycles. The molecule has 4 heteroatoms. The number of aryl methyl sites for hydroxylation is 1. The van der Waals surface area contributed by atoms with Crippen molar-refractivity contribution in [1.82, 2.24) is 0 Å². The molecule has 2 aromatic rings. The fourth-order valence-corrected chi connectivity index (χ4v) is 6.73. The third kappa shape index (κ3) is 7.13. The van der Waals surface area contributed by atoms with Crippen molar-refractivity contribution in [3.63, 3.8) is 0 Å². The molecule has 194 valence electrons. The molecule has 0 saturated carbocycles. The number of aliphatic hydroxyl groups excluding tert-OH is 2. The predicted octanol–water partition coefficient (Wildman–Crippen LogP) is 7.60. The second kappa shape index (κ2) is 13.3. The molecule has 3 nitrogen and oxygen atoms in total. The van der Waals surface area contributed by atoms with E-state index < -0.39 is 12.2 Å². The van der Waals surface area contributed by atoms with Gasteiger partial charge in [-0.2, -0.15) is 0 Å².